The van der Waals surface area contributed by atoms with Crippen LogP contribution in [-0.4, -0.2) is 42.5 Å². The Bertz CT molecular complexity index is 225. The Hall–Kier alpha value is -0.730. The van der Waals surface area contributed by atoms with Gasteiger partial charge in [-0.2, -0.15) is 0 Å². The summed E-state index contributed by atoms with van der Waals surface area (Å²) in [5.41, 5.74) is 7.12. The van der Waals surface area contributed by atoms with Crippen LogP contribution in [0.15, 0.2) is 0 Å². The van der Waals surface area contributed by atoms with Crippen LogP contribution in [0, 0.1) is 0 Å². The summed E-state index contributed by atoms with van der Waals surface area (Å²) in [6, 6.07) is 0. The SMILES string of the molecule is CCCCCCCCCCCC(N)=O.OCCONOCCO. The van der Waals surface area contributed by atoms with Gasteiger partial charge in [0.2, 0.25) is 5.91 Å². The zero-order chi connectivity index (χ0) is 17.6. The number of aliphatic hydroxyl groups excluding tert-OH is 2. The van der Waals surface area contributed by atoms with Gasteiger partial charge in [0.15, 0.2) is 0 Å². The van der Waals surface area contributed by atoms with E-state index in [1.807, 2.05) is 0 Å². The van der Waals surface area contributed by atoms with Crippen molar-refractivity contribution in [3.05, 3.63) is 0 Å². The van der Waals surface area contributed by atoms with Crippen LogP contribution in [0.2, 0.25) is 0 Å². The van der Waals surface area contributed by atoms with Crippen molar-refractivity contribution >= 4 is 5.91 Å². The van der Waals surface area contributed by atoms with Gasteiger partial charge in [0.05, 0.1) is 26.4 Å². The molecule has 0 aromatic carbocycles. The summed E-state index contributed by atoms with van der Waals surface area (Å²) in [4.78, 5) is 19.3. The van der Waals surface area contributed by atoms with Gasteiger partial charge in [-0.15, -0.1) is 0 Å². The molecule has 0 bridgehead atoms. The highest BCUT2D eigenvalue weighted by Crippen LogP contribution is 2.10. The van der Waals surface area contributed by atoms with Gasteiger partial charge in [0.25, 0.3) is 0 Å². The Morgan fingerprint density at radius 1 is 0.870 bits per heavy atom. The molecule has 1 amide bonds. The minimum atomic E-state index is -0.159. The fraction of sp³-hybridized carbons (Fsp3) is 0.938. The van der Waals surface area contributed by atoms with Crippen molar-refractivity contribution in [2.45, 2.75) is 71.1 Å². The highest BCUT2D eigenvalue weighted by molar-refractivity contribution is 5.73. The van der Waals surface area contributed by atoms with E-state index < -0.39 is 0 Å². The largest absolute Gasteiger partial charge is 0.394 e. The summed E-state index contributed by atoms with van der Waals surface area (Å²) in [6.07, 6.45) is 12.1. The number of nitrogens with one attached hydrogen (secondary N) is 1. The first-order chi connectivity index (χ1) is 11.2. The van der Waals surface area contributed by atoms with Crippen molar-refractivity contribution in [1.29, 1.82) is 0 Å². The van der Waals surface area contributed by atoms with E-state index in [0.29, 0.717) is 6.42 Å². The molecule has 0 aliphatic heterocycles. The zero-order valence-electron chi connectivity index (χ0n) is 14.6. The number of nitrogens with two attached hydrogens (primary N) is 1. The van der Waals surface area contributed by atoms with Crippen LogP contribution in [0.1, 0.15) is 71.1 Å². The van der Waals surface area contributed by atoms with Gasteiger partial charge in [0.1, 0.15) is 0 Å². The van der Waals surface area contributed by atoms with E-state index in [2.05, 4.69) is 22.2 Å². The highest BCUT2D eigenvalue weighted by Gasteiger charge is 1.94. The van der Waals surface area contributed by atoms with Gasteiger partial charge in [-0.25, -0.2) is 0 Å². The first-order valence-corrected chi connectivity index (χ1v) is 8.67. The monoisotopic (exact) mass is 336 g/mol. The molecule has 5 N–H and O–H groups in total. The Kier molecular flexibility index (Phi) is 25.1. The smallest absolute Gasteiger partial charge is 0.217 e. The van der Waals surface area contributed by atoms with Crippen molar-refractivity contribution in [2.24, 2.45) is 5.73 Å². The third kappa shape index (κ3) is 29.8. The lowest BCUT2D eigenvalue weighted by Crippen LogP contribution is -2.19. The minimum Gasteiger partial charge on any atom is -0.394 e. The summed E-state index contributed by atoms with van der Waals surface area (Å²) >= 11 is 0. The Labute approximate surface area is 140 Å². The van der Waals surface area contributed by atoms with Crippen molar-refractivity contribution in [1.82, 2.24) is 5.64 Å². The number of hydrogen-bond acceptors (Lipinski definition) is 6. The summed E-state index contributed by atoms with van der Waals surface area (Å²) in [5.74, 6) is -0.159. The van der Waals surface area contributed by atoms with Crippen LogP contribution >= 0.6 is 0 Å². The molecule has 0 rings (SSSR count). The van der Waals surface area contributed by atoms with Crippen molar-refractivity contribution in [3.8, 4) is 0 Å². The van der Waals surface area contributed by atoms with Crippen molar-refractivity contribution in [3.63, 3.8) is 0 Å². The lowest BCUT2D eigenvalue weighted by Gasteiger charge is -2.01. The lowest BCUT2D eigenvalue weighted by molar-refractivity contribution is -0.178. The first kappa shape index (κ1) is 24.5. The molecule has 140 valence electrons. The number of carbonyl (C=O) groups excluding carboxylic acids is 1. The molecule has 7 heteroatoms. The van der Waals surface area contributed by atoms with Gasteiger partial charge in [-0.05, 0) is 6.42 Å². The topological polar surface area (TPSA) is 114 Å². The molecule has 23 heavy (non-hydrogen) atoms. The van der Waals surface area contributed by atoms with Gasteiger partial charge in [-0.3, -0.25) is 14.5 Å². The van der Waals surface area contributed by atoms with Gasteiger partial charge in [-0.1, -0.05) is 63.9 Å². The average Bonchev–Trinajstić information content (AvgIpc) is 2.54. The van der Waals surface area contributed by atoms with Crippen LogP contribution in [0.3, 0.4) is 0 Å². The molecule has 0 saturated heterocycles. The summed E-state index contributed by atoms with van der Waals surface area (Å²) in [7, 11) is 0. The molecule has 0 fully saturated rings. The van der Waals surface area contributed by atoms with Crippen LogP contribution in [-0.2, 0) is 14.5 Å². The van der Waals surface area contributed by atoms with E-state index in [1.165, 1.54) is 44.9 Å². The number of rotatable bonds is 16. The van der Waals surface area contributed by atoms with Crippen LogP contribution in [0.4, 0.5) is 0 Å². The molecule has 0 aliphatic rings. The molecule has 0 heterocycles. The molecule has 0 unspecified atom stereocenters. The Balaban J connectivity index is 0. The van der Waals surface area contributed by atoms with Gasteiger partial charge < -0.3 is 15.9 Å². The molecule has 0 radical (unpaired) electrons. The van der Waals surface area contributed by atoms with E-state index >= 15 is 0 Å². The second kappa shape index (κ2) is 23.5. The second-order valence-electron chi connectivity index (χ2n) is 5.27. The average molecular weight is 336 g/mol. The molecule has 0 atom stereocenters. The number of amides is 1. The fourth-order valence-corrected chi connectivity index (χ4v) is 1.83. The molecular weight excluding hydrogens is 300 g/mol. The standard InChI is InChI=1S/C12H25NO.C4H11NO4/c1-2-3-4-5-6-7-8-9-10-11-12(13)14;6-1-3-8-5-9-4-2-7/h2-11H2,1H3,(H2,13,14);5-7H,1-4H2. The second-order valence-corrected chi connectivity index (χ2v) is 5.27. The predicted octanol–water partition coefficient (Wildman–Crippen LogP) is 1.82. The van der Waals surface area contributed by atoms with Crippen molar-refractivity contribution < 1.29 is 24.7 Å². The van der Waals surface area contributed by atoms with Gasteiger partial charge in [0, 0.05) is 6.42 Å². The van der Waals surface area contributed by atoms with Crippen LogP contribution in [0.5, 0.6) is 0 Å². The fourth-order valence-electron chi connectivity index (χ4n) is 1.83. The number of carbonyl (C=O) groups is 1. The summed E-state index contributed by atoms with van der Waals surface area (Å²) in [5, 5.41) is 16.3. The maximum Gasteiger partial charge on any atom is 0.217 e. The first-order valence-electron chi connectivity index (χ1n) is 8.67. The van der Waals surface area contributed by atoms with E-state index in [4.69, 9.17) is 15.9 Å². The molecule has 0 aliphatic carbocycles. The maximum absolute atomic E-state index is 10.4. The lowest BCUT2D eigenvalue weighted by atomic mass is 10.1. The van der Waals surface area contributed by atoms with Gasteiger partial charge >= 0.3 is 0 Å². The van der Waals surface area contributed by atoms with Crippen LogP contribution < -0.4 is 11.4 Å². The van der Waals surface area contributed by atoms with Crippen LogP contribution in [0.25, 0.3) is 0 Å². The van der Waals surface area contributed by atoms with Crippen molar-refractivity contribution in [2.75, 3.05) is 26.4 Å². The Morgan fingerprint density at radius 2 is 1.30 bits per heavy atom. The third-order valence-electron chi connectivity index (χ3n) is 3.03. The minimum absolute atomic E-state index is 0.0600. The molecule has 0 aromatic rings. The normalized spacial score (nSPS) is 10.2. The molecular formula is C16H36N2O5. The molecule has 0 saturated carbocycles. The molecule has 0 spiro atoms. The molecule has 7 nitrogen and oxygen atoms in total. The number of hydrogen-bond donors (Lipinski definition) is 4. The van der Waals surface area contributed by atoms with E-state index in [0.717, 1.165) is 12.8 Å². The highest BCUT2D eigenvalue weighted by atomic mass is 16.9. The molecule has 0 aromatic heterocycles. The summed E-state index contributed by atoms with van der Waals surface area (Å²) < 4.78 is 0. The quantitative estimate of drug-likeness (QED) is 0.252. The number of primary amides is 1. The predicted molar refractivity (Wildman–Crippen MR) is 90.2 cm³/mol. The van der Waals surface area contributed by atoms with E-state index in [9.17, 15) is 4.79 Å². The van der Waals surface area contributed by atoms with E-state index in [-0.39, 0.29) is 32.3 Å². The summed E-state index contributed by atoms with van der Waals surface area (Å²) in [6.45, 7) is 2.46. The maximum atomic E-state index is 10.4. The van der Waals surface area contributed by atoms with E-state index in [1.54, 1.807) is 0 Å². The third-order valence-corrected chi connectivity index (χ3v) is 3.03. The number of aliphatic hydroxyl groups is 2. The Morgan fingerprint density at radius 3 is 1.70 bits per heavy atom. The number of unbranched alkanes of at least 4 members (excludes halogenated alkanes) is 8. The zero-order valence-corrected chi connectivity index (χ0v) is 14.6.